The average Bonchev–Trinajstić information content (AvgIpc) is 2.85. The summed E-state index contributed by atoms with van der Waals surface area (Å²) in [4.78, 5) is 48.8. The van der Waals surface area contributed by atoms with Gasteiger partial charge in [0, 0.05) is 12.5 Å². The topological polar surface area (TPSA) is 143 Å². The van der Waals surface area contributed by atoms with Gasteiger partial charge in [-0.1, -0.05) is 42.5 Å². The smallest absolute Gasteiger partial charge is 0.408 e. The van der Waals surface area contributed by atoms with Gasteiger partial charge in [0.05, 0.1) is 19.1 Å². The number of carbonyl (C=O) groups excluding carboxylic acids is 4. The Balaban J connectivity index is 2.45. The number of aliphatic hydroxyl groups is 1. The van der Waals surface area contributed by atoms with Crippen molar-refractivity contribution in [2.24, 2.45) is 5.92 Å². The zero-order chi connectivity index (χ0) is 26.1. The first-order valence-corrected chi connectivity index (χ1v) is 11.3. The van der Waals surface area contributed by atoms with Crippen molar-refractivity contribution in [2.75, 3.05) is 19.8 Å². The van der Waals surface area contributed by atoms with Crippen LogP contribution in [-0.4, -0.2) is 60.8 Å². The van der Waals surface area contributed by atoms with Crippen molar-refractivity contribution in [3.05, 3.63) is 61.2 Å². The fourth-order valence-electron chi connectivity index (χ4n) is 2.95. The van der Waals surface area contributed by atoms with E-state index in [-0.39, 0.29) is 51.5 Å². The second-order valence-corrected chi connectivity index (χ2v) is 7.82. The molecule has 0 aliphatic heterocycles. The quantitative estimate of drug-likeness (QED) is 0.157. The van der Waals surface area contributed by atoms with Crippen molar-refractivity contribution in [3.63, 3.8) is 0 Å². The molecule has 10 nitrogen and oxygen atoms in total. The SMILES string of the molecule is C=CC[C@H](CC(=O)N[C@@H](C)CO)C(=O)NCCOC(=O)[C@@H](CC=C)NC(=O)OCc1ccccc1. The van der Waals surface area contributed by atoms with Crippen molar-refractivity contribution in [1.29, 1.82) is 0 Å². The minimum Gasteiger partial charge on any atom is -0.462 e. The van der Waals surface area contributed by atoms with Crippen LogP contribution in [0.2, 0.25) is 0 Å². The Morgan fingerprint density at radius 1 is 1.03 bits per heavy atom. The van der Waals surface area contributed by atoms with Gasteiger partial charge in [-0.2, -0.15) is 0 Å². The van der Waals surface area contributed by atoms with Crippen LogP contribution in [0.5, 0.6) is 0 Å². The summed E-state index contributed by atoms with van der Waals surface area (Å²) in [5.74, 6) is -2.10. The van der Waals surface area contributed by atoms with Gasteiger partial charge >= 0.3 is 12.1 Å². The van der Waals surface area contributed by atoms with Crippen LogP contribution < -0.4 is 16.0 Å². The number of aliphatic hydroxyl groups excluding tert-OH is 1. The van der Waals surface area contributed by atoms with Gasteiger partial charge in [-0.05, 0) is 25.3 Å². The summed E-state index contributed by atoms with van der Waals surface area (Å²) in [5.41, 5.74) is 0.802. The van der Waals surface area contributed by atoms with E-state index in [1.807, 2.05) is 18.2 Å². The maximum atomic E-state index is 12.4. The average molecular weight is 490 g/mol. The second-order valence-electron chi connectivity index (χ2n) is 7.82. The van der Waals surface area contributed by atoms with Crippen molar-refractivity contribution in [2.45, 2.75) is 44.9 Å². The molecule has 35 heavy (non-hydrogen) atoms. The van der Waals surface area contributed by atoms with Gasteiger partial charge < -0.3 is 30.5 Å². The number of esters is 1. The lowest BCUT2D eigenvalue weighted by molar-refractivity contribution is -0.146. The van der Waals surface area contributed by atoms with Gasteiger partial charge in [-0.15, -0.1) is 13.2 Å². The molecule has 1 rings (SSSR count). The standard InChI is InChI=1S/C25H35N3O7/c1-4-9-20(15-22(30)27-18(3)16-29)23(31)26-13-14-34-24(32)21(10-5-2)28-25(33)35-17-19-11-7-6-8-12-19/h4-8,11-12,18,20-21,29H,1-2,9-10,13-17H2,3H3,(H,26,31)(H,27,30)(H,28,33)/t18-,20+,21+/m0/s1. The molecule has 0 spiro atoms. The Kier molecular flexibility index (Phi) is 14.2. The van der Waals surface area contributed by atoms with Crippen molar-refractivity contribution in [3.8, 4) is 0 Å². The molecule has 0 radical (unpaired) electrons. The fraction of sp³-hybridized carbons (Fsp3) is 0.440. The summed E-state index contributed by atoms with van der Waals surface area (Å²) in [5, 5.41) is 16.7. The first kappa shape index (κ1) is 29.4. The molecular weight excluding hydrogens is 454 g/mol. The molecule has 1 aromatic rings. The summed E-state index contributed by atoms with van der Waals surface area (Å²) < 4.78 is 10.3. The predicted molar refractivity (Wildman–Crippen MR) is 130 cm³/mol. The number of alkyl carbamates (subject to hydrolysis) is 1. The first-order valence-electron chi connectivity index (χ1n) is 11.3. The highest BCUT2D eigenvalue weighted by Crippen LogP contribution is 2.10. The van der Waals surface area contributed by atoms with Crippen LogP contribution in [0.25, 0.3) is 0 Å². The minimum atomic E-state index is -0.989. The van der Waals surface area contributed by atoms with Gasteiger partial charge in [0.1, 0.15) is 19.3 Å². The molecular formula is C25H35N3O7. The molecule has 1 aromatic carbocycles. The van der Waals surface area contributed by atoms with Crippen molar-refractivity contribution >= 4 is 23.9 Å². The Labute approximate surface area is 205 Å². The van der Waals surface area contributed by atoms with E-state index in [1.54, 1.807) is 19.1 Å². The molecule has 0 aliphatic rings. The molecule has 0 aliphatic carbocycles. The van der Waals surface area contributed by atoms with E-state index >= 15 is 0 Å². The van der Waals surface area contributed by atoms with Gasteiger partial charge in [-0.3, -0.25) is 9.59 Å². The Morgan fingerprint density at radius 3 is 2.34 bits per heavy atom. The zero-order valence-electron chi connectivity index (χ0n) is 20.0. The second kappa shape index (κ2) is 16.9. The fourth-order valence-corrected chi connectivity index (χ4v) is 2.95. The molecule has 0 bridgehead atoms. The lowest BCUT2D eigenvalue weighted by atomic mass is 9.99. The van der Waals surface area contributed by atoms with Crippen LogP contribution >= 0.6 is 0 Å². The van der Waals surface area contributed by atoms with Crippen molar-refractivity contribution in [1.82, 2.24) is 16.0 Å². The molecule has 3 atom stereocenters. The maximum absolute atomic E-state index is 12.4. The third-order valence-electron chi connectivity index (χ3n) is 4.77. The summed E-state index contributed by atoms with van der Waals surface area (Å²) in [6.45, 7) is 8.56. The highest BCUT2D eigenvalue weighted by atomic mass is 16.6. The van der Waals surface area contributed by atoms with Crippen LogP contribution in [-0.2, 0) is 30.5 Å². The first-order chi connectivity index (χ1) is 16.8. The molecule has 0 heterocycles. The molecule has 0 aromatic heterocycles. The lowest BCUT2D eigenvalue weighted by Gasteiger charge is -2.18. The van der Waals surface area contributed by atoms with Gasteiger partial charge in [0.25, 0.3) is 0 Å². The molecule has 0 unspecified atom stereocenters. The summed E-state index contributed by atoms with van der Waals surface area (Å²) in [7, 11) is 0. The molecule has 4 N–H and O–H groups in total. The normalized spacial score (nSPS) is 12.9. The minimum absolute atomic E-state index is 0.0200. The van der Waals surface area contributed by atoms with E-state index < -0.39 is 36.0 Å². The number of allylic oxidation sites excluding steroid dienone is 1. The maximum Gasteiger partial charge on any atom is 0.408 e. The van der Waals surface area contributed by atoms with Gasteiger partial charge in [0.2, 0.25) is 11.8 Å². The number of nitrogens with one attached hydrogen (secondary N) is 3. The zero-order valence-corrected chi connectivity index (χ0v) is 20.0. The Bertz CT molecular complexity index is 845. The Hall–Kier alpha value is -3.66. The number of hydrogen-bond donors (Lipinski definition) is 4. The van der Waals surface area contributed by atoms with E-state index in [0.29, 0.717) is 0 Å². The molecule has 10 heteroatoms. The molecule has 3 amide bonds. The van der Waals surface area contributed by atoms with E-state index in [2.05, 4.69) is 29.1 Å². The lowest BCUT2D eigenvalue weighted by Crippen LogP contribution is -2.43. The largest absolute Gasteiger partial charge is 0.462 e. The highest BCUT2D eigenvalue weighted by molar-refractivity contribution is 5.86. The van der Waals surface area contributed by atoms with E-state index in [4.69, 9.17) is 14.6 Å². The third-order valence-corrected chi connectivity index (χ3v) is 4.77. The van der Waals surface area contributed by atoms with Gasteiger partial charge in [0.15, 0.2) is 0 Å². The monoisotopic (exact) mass is 489 g/mol. The predicted octanol–water partition coefficient (Wildman–Crippen LogP) is 1.60. The van der Waals surface area contributed by atoms with Crippen LogP contribution in [0, 0.1) is 5.92 Å². The van der Waals surface area contributed by atoms with E-state index in [0.717, 1.165) is 5.56 Å². The molecule has 0 fully saturated rings. The number of rotatable bonds is 16. The van der Waals surface area contributed by atoms with Crippen LogP contribution in [0.15, 0.2) is 55.6 Å². The number of hydrogen-bond acceptors (Lipinski definition) is 7. The number of ether oxygens (including phenoxy) is 2. The number of carbonyl (C=O) groups is 4. The number of benzene rings is 1. The summed E-state index contributed by atoms with van der Waals surface area (Å²) in [6, 6.07) is 7.69. The Morgan fingerprint density at radius 2 is 1.71 bits per heavy atom. The molecule has 0 saturated heterocycles. The van der Waals surface area contributed by atoms with Crippen molar-refractivity contribution < 1.29 is 33.8 Å². The van der Waals surface area contributed by atoms with Crippen LogP contribution in [0.4, 0.5) is 4.79 Å². The molecule has 192 valence electrons. The van der Waals surface area contributed by atoms with E-state index in [9.17, 15) is 19.2 Å². The molecule has 0 saturated carbocycles. The number of amides is 3. The van der Waals surface area contributed by atoms with E-state index in [1.165, 1.54) is 12.2 Å². The van der Waals surface area contributed by atoms with Crippen LogP contribution in [0.1, 0.15) is 31.7 Å². The summed E-state index contributed by atoms with van der Waals surface area (Å²) >= 11 is 0. The van der Waals surface area contributed by atoms with Gasteiger partial charge in [-0.25, -0.2) is 9.59 Å². The van der Waals surface area contributed by atoms with Crippen LogP contribution in [0.3, 0.4) is 0 Å². The summed E-state index contributed by atoms with van der Waals surface area (Å²) in [6.07, 6.45) is 2.57. The highest BCUT2D eigenvalue weighted by Gasteiger charge is 2.23. The third kappa shape index (κ3) is 12.4.